The highest BCUT2D eigenvalue weighted by atomic mass is 19.1. The lowest BCUT2D eigenvalue weighted by atomic mass is 10.2. The van der Waals surface area contributed by atoms with E-state index in [-0.39, 0.29) is 11.9 Å². The standard InChI is InChI=1S/C19H26FN5O/c1-5-9-25-10-8-15(4)21-13-22-19(12-23-25)24-17-7-6-16(20)11-18(17)26-14(2)3/h6-8,10-14,23-24H,5,9H2,1-4H3/b10-8-,19-12-,21-15+,22-13-. The predicted octanol–water partition coefficient (Wildman–Crippen LogP) is 4.06. The van der Waals surface area contributed by atoms with Crippen molar-refractivity contribution in [1.29, 1.82) is 0 Å². The highest BCUT2D eigenvalue weighted by molar-refractivity contribution is 5.97. The molecule has 1 aliphatic heterocycles. The molecule has 0 spiro atoms. The summed E-state index contributed by atoms with van der Waals surface area (Å²) in [6.45, 7) is 8.62. The van der Waals surface area contributed by atoms with Crippen molar-refractivity contribution in [2.75, 3.05) is 11.9 Å². The molecule has 2 rings (SSSR count). The number of hydrazine groups is 1. The van der Waals surface area contributed by atoms with Gasteiger partial charge in [-0.05, 0) is 45.4 Å². The van der Waals surface area contributed by atoms with E-state index in [1.165, 1.54) is 18.5 Å². The van der Waals surface area contributed by atoms with E-state index in [1.54, 1.807) is 12.3 Å². The van der Waals surface area contributed by atoms with Crippen LogP contribution in [0.3, 0.4) is 0 Å². The normalized spacial score (nSPS) is 21.1. The largest absolute Gasteiger partial charge is 0.489 e. The third-order valence-corrected chi connectivity index (χ3v) is 3.35. The quantitative estimate of drug-likeness (QED) is 0.804. The number of aliphatic imine (C=N–C) groups is 2. The summed E-state index contributed by atoms with van der Waals surface area (Å²) >= 11 is 0. The lowest BCUT2D eigenvalue weighted by Crippen LogP contribution is -2.30. The minimum Gasteiger partial charge on any atom is -0.489 e. The Morgan fingerprint density at radius 2 is 2.15 bits per heavy atom. The maximum absolute atomic E-state index is 13.6. The lowest BCUT2D eigenvalue weighted by molar-refractivity contribution is 0.242. The van der Waals surface area contributed by atoms with Crippen molar-refractivity contribution in [3.05, 3.63) is 48.3 Å². The van der Waals surface area contributed by atoms with Crippen molar-refractivity contribution in [3.8, 4) is 5.75 Å². The van der Waals surface area contributed by atoms with Gasteiger partial charge >= 0.3 is 0 Å². The maximum Gasteiger partial charge on any atom is 0.150 e. The first kappa shape index (κ1) is 19.5. The van der Waals surface area contributed by atoms with Gasteiger partial charge in [0.2, 0.25) is 0 Å². The summed E-state index contributed by atoms with van der Waals surface area (Å²) in [6, 6.07) is 4.36. The van der Waals surface area contributed by atoms with Gasteiger partial charge in [0.1, 0.15) is 23.7 Å². The average Bonchev–Trinajstić information content (AvgIpc) is 2.58. The fourth-order valence-electron chi connectivity index (χ4n) is 2.18. The molecule has 0 atom stereocenters. The number of ether oxygens (including phenoxy) is 1. The number of nitrogens with zero attached hydrogens (tertiary/aromatic N) is 3. The Balaban J connectivity index is 2.27. The van der Waals surface area contributed by atoms with Crippen LogP contribution >= 0.6 is 0 Å². The minimum atomic E-state index is -0.354. The molecule has 2 N–H and O–H groups in total. The molecule has 140 valence electrons. The fourth-order valence-corrected chi connectivity index (χ4v) is 2.18. The summed E-state index contributed by atoms with van der Waals surface area (Å²) in [5.74, 6) is 0.601. The molecule has 0 unspecified atom stereocenters. The molecule has 0 aromatic heterocycles. The Hall–Kier alpha value is -2.83. The molecule has 0 bridgehead atoms. The first-order chi connectivity index (χ1) is 12.5. The second-order valence-electron chi connectivity index (χ2n) is 6.11. The van der Waals surface area contributed by atoms with Gasteiger partial charge in [-0.25, -0.2) is 14.4 Å². The van der Waals surface area contributed by atoms with Gasteiger partial charge < -0.3 is 15.5 Å². The molecule has 1 heterocycles. The van der Waals surface area contributed by atoms with Crippen molar-refractivity contribution in [1.82, 2.24) is 10.4 Å². The summed E-state index contributed by atoms with van der Waals surface area (Å²) in [4.78, 5) is 8.60. The predicted molar refractivity (Wildman–Crippen MR) is 105 cm³/mol. The van der Waals surface area contributed by atoms with E-state index in [9.17, 15) is 4.39 Å². The van der Waals surface area contributed by atoms with Gasteiger partial charge in [0.15, 0.2) is 0 Å². The molecule has 0 aliphatic carbocycles. The average molecular weight is 359 g/mol. The number of nitrogens with one attached hydrogen (secondary N) is 2. The van der Waals surface area contributed by atoms with E-state index in [0.29, 0.717) is 17.3 Å². The third kappa shape index (κ3) is 6.23. The maximum atomic E-state index is 13.6. The van der Waals surface area contributed by atoms with Crippen molar-refractivity contribution in [3.63, 3.8) is 0 Å². The monoisotopic (exact) mass is 359 g/mol. The summed E-state index contributed by atoms with van der Waals surface area (Å²) < 4.78 is 19.3. The molecule has 0 amide bonds. The minimum absolute atomic E-state index is 0.0746. The van der Waals surface area contributed by atoms with Crippen molar-refractivity contribution >= 4 is 17.7 Å². The highest BCUT2D eigenvalue weighted by Crippen LogP contribution is 2.27. The number of rotatable bonds is 6. The second kappa shape index (κ2) is 9.60. The van der Waals surface area contributed by atoms with E-state index in [1.807, 2.05) is 38.1 Å². The molecular formula is C19H26FN5O. The fraction of sp³-hybridized carbons (Fsp3) is 0.368. The van der Waals surface area contributed by atoms with Gasteiger partial charge in [-0.2, -0.15) is 0 Å². The van der Waals surface area contributed by atoms with Gasteiger partial charge in [-0.3, -0.25) is 5.01 Å². The molecule has 1 aromatic rings. The van der Waals surface area contributed by atoms with Gasteiger partial charge in [-0.15, -0.1) is 0 Å². The molecule has 6 nitrogen and oxygen atoms in total. The van der Waals surface area contributed by atoms with Crippen LogP contribution < -0.4 is 15.5 Å². The van der Waals surface area contributed by atoms with Crippen LogP contribution in [-0.4, -0.2) is 29.7 Å². The Bertz CT molecular complexity index is 725. The van der Waals surface area contributed by atoms with Crippen LogP contribution in [-0.2, 0) is 0 Å². The molecule has 1 aliphatic rings. The van der Waals surface area contributed by atoms with Crippen molar-refractivity contribution < 1.29 is 9.13 Å². The Labute approximate surface area is 154 Å². The summed E-state index contributed by atoms with van der Waals surface area (Å²) in [5.41, 5.74) is 4.65. The Kier molecular flexibility index (Phi) is 7.20. The van der Waals surface area contributed by atoms with Crippen LogP contribution in [0.4, 0.5) is 10.1 Å². The van der Waals surface area contributed by atoms with E-state index in [2.05, 4.69) is 27.7 Å². The zero-order valence-corrected chi connectivity index (χ0v) is 15.7. The summed E-state index contributed by atoms with van der Waals surface area (Å²) in [6.07, 6.45) is 7.96. The van der Waals surface area contributed by atoms with Crippen LogP contribution in [0.5, 0.6) is 5.75 Å². The SMILES string of the molecule is CCCN1\C=C/C(C)=N/C=N\C(Nc2ccc(F)cc2OC(C)C)=C\N1. The van der Waals surface area contributed by atoms with Gasteiger partial charge in [0.25, 0.3) is 0 Å². The second-order valence-corrected chi connectivity index (χ2v) is 6.11. The van der Waals surface area contributed by atoms with Gasteiger partial charge in [0.05, 0.1) is 18.0 Å². The third-order valence-electron chi connectivity index (χ3n) is 3.35. The van der Waals surface area contributed by atoms with Crippen molar-refractivity contribution in [2.24, 2.45) is 9.98 Å². The molecule has 26 heavy (non-hydrogen) atoms. The Morgan fingerprint density at radius 3 is 2.88 bits per heavy atom. The highest BCUT2D eigenvalue weighted by Gasteiger charge is 2.09. The number of allylic oxidation sites excluding steroid dienone is 1. The molecule has 0 saturated heterocycles. The first-order valence-electron chi connectivity index (χ1n) is 8.69. The van der Waals surface area contributed by atoms with E-state index in [0.717, 1.165) is 18.7 Å². The molecule has 0 fully saturated rings. The first-order valence-corrected chi connectivity index (χ1v) is 8.69. The van der Waals surface area contributed by atoms with Crippen LogP contribution in [0.25, 0.3) is 0 Å². The smallest absolute Gasteiger partial charge is 0.150 e. The number of benzene rings is 1. The molecular weight excluding hydrogens is 333 g/mol. The van der Waals surface area contributed by atoms with Crippen molar-refractivity contribution in [2.45, 2.75) is 40.2 Å². The van der Waals surface area contributed by atoms with Crippen LogP contribution in [0.2, 0.25) is 0 Å². The van der Waals surface area contributed by atoms with Crippen LogP contribution in [0, 0.1) is 5.82 Å². The lowest BCUT2D eigenvalue weighted by Gasteiger charge is -2.21. The topological polar surface area (TPSA) is 61.2 Å². The van der Waals surface area contributed by atoms with E-state index < -0.39 is 0 Å². The molecule has 0 radical (unpaired) electrons. The van der Waals surface area contributed by atoms with E-state index >= 15 is 0 Å². The number of anilines is 1. The Morgan fingerprint density at radius 1 is 1.35 bits per heavy atom. The summed E-state index contributed by atoms with van der Waals surface area (Å²) in [7, 11) is 0. The van der Waals surface area contributed by atoms with Crippen LogP contribution in [0.1, 0.15) is 34.1 Å². The van der Waals surface area contributed by atoms with Gasteiger partial charge in [0, 0.05) is 24.5 Å². The zero-order chi connectivity index (χ0) is 18.9. The van der Waals surface area contributed by atoms with Crippen LogP contribution in [0.15, 0.2) is 52.5 Å². The van der Waals surface area contributed by atoms with Gasteiger partial charge in [-0.1, -0.05) is 6.92 Å². The molecule has 0 saturated carbocycles. The molecule has 7 heteroatoms. The number of halogens is 1. The summed E-state index contributed by atoms with van der Waals surface area (Å²) in [5, 5.41) is 5.11. The van der Waals surface area contributed by atoms with E-state index in [4.69, 9.17) is 4.74 Å². The molecule has 1 aromatic carbocycles. The number of hydrogen-bond acceptors (Lipinski definition) is 6. The zero-order valence-electron chi connectivity index (χ0n) is 15.7. The number of hydrogen-bond donors (Lipinski definition) is 2.